The molecule has 5 heteroatoms. The molecule has 0 N–H and O–H groups in total. The molecule has 1 saturated heterocycles. The Morgan fingerprint density at radius 1 is 0.933 bits per heavy atom. The summed E-state index contributed by atoms with van der Waals surface area (Å²) in [6.07, 6.45) is 2.21. The number of ether oxygens (including phenoxy) is 1. The number of morpholine rings is 1. The molecular formula is C25H24ClN3O. The van der Waals surface area contributed by atoms with Crippen molar-refractivity contribution in [3.63, 3.8) is 0 Å². The minimum atomic E-state index is 0.735. The Hall–Kier alpha value is -2.66. The van der Waals surface area contributed by atoms with Gasteiger partial charge in [0.2, 0.25) is 0 Å². The number of pyridine rings is 1. The molecular weight excluding hydrogens is 394 g/mol. The first-order valence-electron chi connectivity index (χ1n) is 10.3. The Morgan fingerprint density at radius 2 is 1.70 bits per heavy atom. The first-order valence-corrected chi connectivity index (χ1v) is 10.7. The van der Waals surface area contributed by atoms with E-state index in [9.17, 15) is 0 Å². The highest BCUT2D eigenvalue weighted by Crippen LogP contribution is 2.29. The van der Waals surface area contributed by atoms with Crippen molar-refractivity contribution < 1.29 is 4.74 Å². The van der Waals surface area contributed by atoms with E-state index in [0.29, 0.717) is 0 Å². The van der Waals surface area contributed by atoms with E-state index in [-0.39, 0.29) is 0 Å². The Labute approximate surface area is 181 Å². The summed E-state index contributed by atoms with van der Waals surface area (Å²) in [6.45, 7) is 6.39. The van der Waals surface area contributed by atoms with Gasteiger partial charge in [-0.2, -0.15) is 0 Å². The molecule has 4 nitrogen and oxygen atoms in total. The second-order valence-electron chi connectivity index (χ2n) is 7.82. The van der Waals surface area contributed by atoms with E-state index in [1.54, 1.807) is 0 Å². The molecule has 0 amide bonds. The van der Waals surface area contributed by atoms with E-state index in [2.05, 4.69) is 58.8 Å². The molecule has 2 aromatic heterocycles. The van der Waals surface area contributed by atoms with Crippen molar-refractivity contribution in [2.24, 2.45) is 0 Å². The van der Waals surface area contributed by atoms with Crippen LogP contribution in [0.3, 0.4) is 0 Å². The van der Waals surface area contributed by atoms with E-state index in [1.165, 1.54) is 22.4 Å². The molecule has 30 heavy (non-hydrogen) atoms. The zero-order valence-electron chi connectivity index (χ0n) is 17.0. The third-order valence-corrected chi connectivity index (χ3v) is 5.92. The molecule has 0 aliphatic carbocycles. The fourth-order valence-corrected chi connectivity index (χ4v) is 4.18. The van der Waals surface area contributed by atoms with Gasteiger partial charge in [0.25, 0.3) is 0 Å². The lowest BCUT2D eigenvalue weighted by atomic mass is 10.1. The van der Waals surface area contributed by atoms with Crippen LogP contribution in [0.5, 0.6) is 0 Å². The van der Waals surface area contributed by atoms with Crippen LogP contribution in [0, 0.1) is 6.92 Å². The molecule has 0 radical (unpaired) electrons. The molecule has 3 heterocycles. The van der Waals surface area contributed by atoms with Crippen LogP contribution in [0.15, 0.2) is 66.9 Å². The SMILES string of the molecule is Cc1cccc(-c2ccc3nc(-c4ccc(Cl)cc4)c(CN4CCOCC4)n3c2)c1. The number of aromatic nitrogens is 2. The van der Waals surface area contributed by atoms with Gasteiger partial charge in [0.1, 0.15) is 5.65 Å². The number of halogens is 1. The van der Waals surface area contributed by atoms with Crippen molar-refractivity contribution in [3.05, 3.63) is 83.1 Å². The number of nitrogens with zero attached hydrogens (tertiary/aromatic N) is 3. The van der Waals surface area contributed by atoms with Crippen LogP contribution >= 0.6 is 11.6 Å². The van der Waals surface area contributed by atoms with Crippen molar-refractivity contribution in [2.75, 3.05) is 26.3 Å². The molecule has 0 spiro atoms. The molecule has 1 aliphatic rings. The smallest absolute Gasteiger partial charge is 0.137 e. The van der Waals surface area contributed by atoms with E-state index >= 15 is 0 Å². The van der Waals surface area contributed by atoms with Crippen molar-refractivity contribution in [3.8, 4) is 22.4 Å². The highest BCUT2D eigenvalue weighted by atomic mass is 35.5. The van der Waals surface area contributed by atoms with E-state index in [4.69, 9.17) is 21.3 Å². The summed E-state index contributed by atoms with van der Waals surface area (Å²) in [5, 5.41) is 0.735. The third kappa shape index (κ3) is 3.86. The average Bonchev–Trinajstić information content (AvgIpc) is 3.12. The first-order chi connectivity index (χ1) is 14.7. The van der Waals surface area contributed by atoms with Gasteiger partial charge in [0, 0.05) is 36.4 Å². The normalized spacial score (nSPS) is 15.0. The molecule has 4 aromatic rings. The van der Waals surface area contributed by atoms with Crippen LogP contribution < -0.4 is 0 Å². The lowest BCUT2D eigenvalue weighted by Gasteiger charge is -2.26. The third-order valence-electron chi connectivity index (χ3n) is 5.66. The maximum absolute atomic E-state index is 6.13. The highest BCUT2D eigenvalue weighted by Gasteiger charge is 2.19. The van der Waals surface area contributed by atoms with Crippen molar-refractivity contribution in [2.45, 2.75) is 13.5 Å². The van der Waals surface area contributed by atoms with Gasteiger partial charge in [0.05, 0.1) is 24.6 Å². The Balaban J connectivity index is 1.64. The fraction of sp³-hybridized carbons (Fsp3) is 0.240. The lowest BCUT2D eigenvalue weighted by molar-refractivity contribution is 0.0336. The van der Waals surface area contributed by atoms with Crippen molar-refractivity contribution in [1.29, 1.82) is 0 Å². The van der Waals surface area contributed by atoms with Gasteiger partial charge < -0.3 is 9.14 Å². The molecule has 1 fully saturated rings. The van der Waals surface area contributed by atoms with Gasteiger partial charge >= 0.3 is 0 Å². The molecule has 0 atom stereocenters. The Bertz CT molecular complexity index is 1180. The average molecular weight is 418 g/mol. The summed E-state index contributed by atoms with van der Waals surface area (Å²) in [7, 11) is 0. The van der Waals surface area contributed by atoms with Crippen LogP contribution in [0.2, 0.25) is 5.02 Å². The summed E-state index contributed by atoms with van der Waals surface area (Å²) in [5.74, 6) is 0. The number of benzene rings is 2. The van der Waals surface area contributed by atoms with Gasteiger partial charge in [0.15, 0.2) is 0 Å². The summed E-state index contributed by atoms with van der Waals surface area (Å²) in [6, 6.07) is 20.8. The van der Waals surface area contributed by atoms with Crippen LogP contribution in [-0.4, -0.2) is 40.6 Å². The van der Waals surface area contributed by atoms with Gasteiger partial charge in [-0.15, -0.1) is 0 Å². The number of imidazole rings is 1. The van der Waals surface area contributed by atoms with Crippen LogP contribution in [-0.2, 0) is 11.3 Å². The predicted molar refractivity (Wildman–Crippen MR) is 122 cm³/mol. The zero-order chi connectivity index (χ0) is 20.5. The standard InChI is InChI=1S/C25H24ClN3O/c1-18-3-2-4-20(15-18)21-7-10-24-27-25(19-5-8-22(26)9-6-19)23(29(24)16-21)17-28-11-13-30-14-12-28/h2-10,15-16H,11-14,17H2,1H3. The van der Waals surface area contributed by atoms with Crippen molar-refractivity contribution >= 4 is 17.2 Å². The Morgan fingerprint density at radius 3 is 2.47 bits per heavy atom. The molecule has 0 saturated carbocycles. The van der Waals surface area contributed by atoms with Gasteiger partial charge in [-0.25, -0.2) is 4.98 Å². The van der Waals surface area contributed by atoms with Crippen LogP contribution in [0.1, 0.15) is 11.3 Å². The number of hydrogen-bond acceptors (Lipinski definition) is 3. The first kappa shape index (κ1) is 19.3. The van der Waals surface area contributed by atoms with Crippen LogP contribution in [0.25, 0.3) is 28.0 Å². The monoisotopic (exact) mass is 417 g/mol. The molecule has 152 valence electrons. The van der Waals surface area contributed by atoms with Gasteiger partial charge in [-0.05, 0) is 42.3 Å². The molecule has 0 unspecified atom stereocenters. The topological polar surface area (TPSA) is 29.8 Å². The van der Waals surface area contributed by atoms with E-state index in [1.807, 2.05) is 24.3 Å². The quantitative estimate of drug-likeness (QED) is 0.441. The lowest BCUT2D eigenvalue weighted by Crippen LogP contribution is -2.36. The Kier molecular flexibility index (Phi) is 5.30. The molecule has 1 aliphatic heterocycles. The maximum Gasteiger partial charge on any atom is 0.137 e. The van der Waals surface area contributed by atoms with Crippen molar-refractivity contribution in [1.82, 2.24) is 14.3 Å². The van der Waals surface area contributed by atoms with Gasteiger partial charge in [-0.1, -0.05) is 53.6 Å². The minimum Gasteiger partial charge on any atom is -0.379 e. The summed E-state index contributed by atoms with van der Waals surface area (Å²) < 4.78 is 7.79. The van der Waals surface area contributed by atoms with Gasteiger partial charge in [-0.3, -0.25) is 4.90 Å². The van der Waals surface area contributed by atoms with E-state index < -0.39 is 0 Å². The number of rotatable bonds is 4. The number of aryl methyl sites for hydroxylation is 1. The van der Waals surface area contributed by atoms with Crippen LogP contribution in [0.4, 0.5) is 0 Å². The predicted octanol–water partition coefficient (Wildman–Crippen LogP) is 5.46. The molecule has 0 bridgehead atoms. The summed E-state index contributed by atoms with van der Waals surface area (Å²) >= 11 is 6.13. The maximum atomic E-state index is 6.13. The number of fused-ring (bicyclic) bond motifs is 1. The highest BCUT2D eigenvalue weighted by molar-refractivity contribution is 6.30. The molecule has 2 aromatic carbocycles. The fourth-order valence-electron chi connectivity index (χ4n) is 4.05. The summed E-state index contributed by atoms with van der Waals surface area (Å²) in [5.41, 5.74) is 7.92. The number of hydrogen-bond donors (Lipinski definition) is 0. The summed E-state index contributed by atoms with van der Waals surface area (Å²) in [4.78, 5) is 7.43. The van der Waals surface area contributed by atoms with E-state index in [0.717, 1.165) is 54.8 Å². The zero-order valence-corrected chi connectivity index (χ0v) is 17.8. The molecule has 5 rings (SSSR count). The second-order valence-corrected chi connectivity index (χ2v) is 8.25. The largest absolute Gasteiger partial charge is 0.379 e. The second kappa shape index (κ2) is 8.23. The minimum absolute atomic E-state index is 0.735.